The van der Waals surface area contributed by atoms with E-state index in [1.807, 2.05) is 6.92 Å². The van der Waals surface area contributed by atoms with Crippen LogP contribution in [0.15, 0.2) is 6.07 Å². The van der Waals surface area contributed by atoms with E-state index in [4.69, 9.17) is 4.74 Å². The summed E-state index contributed by atoms with van der Waals surface area (Å²) in [5, 5.41) is 12.6. The van der Waals surface area contributed by atoms with Gasteiger partial charge in [-0.15, -0.1) is 11.3 Å². The molecule has 0 saturated heterocycles. The van der Waals surface area contributed by atoms with Crippen molar-refractivity contribution in [3.05, 3.63) is 16.5 Å². The molecule has 0 bridgehead atoms. The fraction of sp³-hybridized carbons (Fsp3) is 0.588. The van der Waals surface area contributed by atoms with E-state index in [0.717, 1.165) is 30.6 Å². The highest BCUT2D eigenvalue weighted by Crippen LogP contribution is 2.34. The Morgan fingerprint density at radius 2 is 1.96 bits per heavy atom. The zero-order valence-corrected chi connectivity index (χ0v) is 14.8. The molecule has 6 nitrogen and oxygen atoms in total. The summed E-state index contributed by atoms with van der Waals surface area (Å²) >= 11 is 1.35. The van der Waals surface area contributed by atoms with Crippen molar-refractivity contribution in [2.45, 2.75) is 45.4 Å². The van der Waals surface area contributed by atoms with Crippen LogP contribution in [0.25, 0.3) is 0 Å². The molecule has 1 aromatic rings. The van der Waals surface area contributed by atoms with Crippen LogP contribution in [0, 0.1) is 11.8 Å². The summed E-state index contributed by atoms with van der Waals surface area (Å²) in [7, 11) is 1.30. The van der Waals surface area contributed by atoms with Crippen LogP contribution in [-0.2, 0) is 20.7 Å². The van der Waals surface area contributed by atoms with E-state index in [0.29, 0.717) is 23.4 Å². The van der Waals surface area contributed by atoms with Gasteiger partial charge in [-0.25, -0.2) is 4.79 Å². The molecule has 0 aromatic carbocycles. The largest absolute Gasteiger partial charge is 0.481 e. The van der Waals surface area contributed by atoms with Crippen molar-refractivity contribution in [2.75, 3.05) is 12.4 Å². The Hall–Kier alpha value is -1.89. The number of esters is 1. The molecule has 1 fully saturated rings. The standard InChI is InChI=1S/C17H23NO5S/c1-3-6-10-9-13(17(22)23-2)15(24-10)18-14(19)11-7-4-5-8-12(11)16(20)21/h9,11-12H,3-8H2,1-2H3,(H,18,19)(H,20,21)/t11-,12+/m0/s1. The highest BCUT2D eigenvalue weighted by atomic mass is 32.1. The first kappa shape index (κ1) is 18.4. The van der Waals surface area contributed by atoms with Gasteiger partial charge in [-0.1, -0.05) is 26.2 Å². The number of aliphatic carboxylic acids is 1. The predicted molar refractivity (Wildman–Crippen MR) is 91.4 cm³/mol. The summed E-state index contributed by atoms with van der Waals surface area (Å²) in [6.07, 6.45) is 4.49. The second-order valence-electron chi connectivity index (χ2n) is 6.02. The molecule has 132 valence electrons. The van der Waals surface area contributed by atoms with Gasteiger partial charge in [-0.2, -0.15) is 0 Å². The van der Waals surface area contributed by atoms with Crippen molar-refractivity contribution in [3.8, 4) is 0 Å². The molecule has 0 radical (unpaired) electrons. The molecular weight excluding hydrogens is 330 g/mol. The monoisotopic (exact) mass is 353 g/mol. The van der Waals surface area contributed by atoms with E-state index < -0.39 is 23.8 Å². The average Bonchev–Trinajstić information content (AvgIpc) is 2.96. The molecule has 2 N–H and O–H groups in total. The predicted octanol–water partition coefficient (Wildman–Crippen LogP) is 3.32. The van der Waals surface area contributed by atoms with Gasteiger partial charge in [0.25, 0.3) is 0 Å². The lowest BCUT2D eigenvalue weighted by Gasteiger charge is -2.27. The van der Waals surface area contributed by atoms with Gasteiger partial charge in [0.2, 0.25) is 5.91 Å². The summed E-state index contributed by atoms with van der Waals surface area (Å²) in [6, 6.07) is 1.74. The number of thiophene rings is 1. The normalized spacial score (nSPS) is 20.4. The summed E-state index contributed by atoms with van der Waals surface area (Å²) in [5.74, 6) is -2.96. The van der Waals surface area contributed by atoms with Crippen LogP contribution in [0.3, 0.4) is 0 Å². The van der Waals surface area contributed by atoms with Gasteiger partial charge >= 0.3 is 11.9 Å². The van der Waals surface area contributed by atoms with Crippen LogP contribution in [0.4, 0.5) is 5.00 Å². The maximum atomic E-state index is 12.6. The molecule has 2 atom stereocenters. The summed E-state index contributed by atoms with van der Waals surface area (Å²) < 4.78 is 4.78. The fourth-order valence-corrected chi connectivity index (χ4v) is 4.26. The third kappa shape index (κ3) is 4.14. The first-order valence-electron chi connectivity index (χ1n) is 8.22. The van der Waals surface area contributed by atoms with Crippen molar-refractivity contribution < 1.29 is 24.2 Å². The Labute approximate surface area is 145 Å². The average molecular weight is 353 g/mol. The van der Waals surface area contributed by atoms with E-state index in [1.165, 1.54) is 18.4 Å². The first-order chi connectivity index (χ1) is 11.5. The van der Waals surface area contributed by atoms with Gasteiger partial charge in [0.1, 0.15) is 5.00 Å². The van der Waals surface area contributed by atoms with E-state index in [9.17, 15) is 19.5 Å². The minimum absolute atomic E-state index is 0.322. The van der Waals surface area contributed by atoms with Crippen molar-refractivity contribution >= 4 is 34.2 Å². The lowest BCUT2D eigenvalue weighted by atomic mass is 9.79. The van der Waals surface area contributed by atoms with Crippen molar-refractivity contribution in [1.29, 1.82) is 0 Å². The summed E-state index contributed by atoms with van der Waals surface area (Å²) in [6.45, 7) is 2.04. The minimum Gasteiger partial charge on any atom is -0.481 e. The van der Waals surface area contributed by atoms with Gasteiger partial charge in [0.05, 0.1) is 24.5 Å². The Morgan fingerprint density at radius 1 is 1.29 bits per heavy atom. The number of carbonyl (C=O) groups excluding carboxylic acids is 2. The van der Waals surface area contributed by atoms with Crippen LogP contribution in [0.2, 0.25) is 0 Å². The first-order valence-corrected chi connectivity index (χ1v) is 9.04. The molecule has 1 aromatic heterocycles. The number of aryl methyl sites for hydroxylation is 1. The van der Waals surface area contributed by atoms with Gasteiger partial charge in [0, 0.05) is 4.88 Å². The summed E-state index contributed by atoms with van der Waals surface area (Å²) in [4.78, 5) is 36.9. The number of rotatable bonds is 6. The SMILES string of the molecule is CCCc1cc(C(=O)OC)c(NC(=O)[C@H]2CCCC[C@H]2C(=O)O)s1. The van der Waals surface area contributed by atoms with Crippen LogP contribution in [0.5, 0.6) is 0 Å². The number of carboxylic acid groups (broad SMARTS) is 1. The zero-order chi connectivity index (χ0) is 17.7. The molecule has 0 aliphatic heterocycles. The minimum atomic E-state index is -0.930. The molecule has 1 amide bonds. The molecule has 1 aliphatic rings. The quantitative estimate of drug-likeness (QED) is 0.765. The topological polar surface area (TPSA) is 92.7 Å². The number of hydrogen-bond donors (Lipinski definition) is 2. The summed E-state index contributed by atoms with van der Waals surface area (Å²) in [5.41, 5.74) is 0.335. The van der Waals surface area contributed by atoms with Gasteiger partial charge < -0.3 is 15.2 Å². The van der Waals surface area contributed by atoms with E-state index in [2.05, 4.69) is 5.32 Å². The molecule has 2 rings (SSSR count). The third-order valence-corrected chi connectivity index (χ3v) is 5.45. The second-order valence-corrected chi connectivity index (χ2v) is 7.16. The maximum Gasteiger partial charge on any atom is 0.340 e. The molecule has 0 unspecified atom stereocenters. The number of anilines is 1. The smallest absolute Gasteiger partial charge is 0.340 e. The van der Waals surface area contributed by atoms with Crippen LogP contribution >= 0.6 is 11.3 Å². The van der Waals surface area contributed by atoms with Crippen molar-refractivity contribution in [2.24, 2.45) is 11.8 Å². The lowest BCUT2D eigenvalue weighted by molar-refractivity contribution is -0.147. The number of nitrogens with one attached hydrogen (secondary N) is 1. The van der Waals surface area contributed by atoms with Crippen LogP contribution in [0.1, 0.15) is 54.3 Å². The van der Waals surface area contributed by atoms with E-state index >= 15 is 0 Å². The van der Waals surface area contributed by atoms with Gasteiger partial charge in [-0.05, 0) is 25.3 Å². The molecule has 1 saturated carbocycles. The zero-order valence-electron chi connectivity index (χ0n) is 14.0. The Kier molecular flexibility index (Phi) is 6.36. The van der Waals surface area contributed by atoms with Crippen LogP contribution in [-0.4, -0.2) is 30.1 Å². The second kappa shape index (κ2) is 8.28. The number of methoxy groups -OCH3 is 1. The molecule has 7 heteroatoms. The molecule has 0 spiro atoms. The number of amides is 1. The van der Waals surface area contributed by atoms with Gasteiger partial charge in [0.15, 0.2) is 0 Å². The maximum absolute atomic E-state index is 12.6. The number of carbonyl (C=O) groups is 3. The number of carboxylic acids is 1. The molecule has 1 heterocycles. The van der Waals surface area contributed by atoms with E-state index in [1.54, 1.807) is 6.07 Å². The molecular formula is C17H23NO5S. The Balaban J connectivity index is 2.20. The van der Waals surface area contributed by atoms with Crippen molar-refractivity contribution in [3.63, 3.8) is 0 Å². The van der Waals surface area contributed by atoms with Crippen LogP contribution < -0.4 is 5.32 Å². The Morgan fingerprint density at radius 3 is 2.54 bits per heavy atom. The Bertz CT molecular complexity index is 624. The van der Waals surface area contributed by atoms with Gasteiger partial charge in [-0.3, -0.25) is 9.59 Å². The highest BCUT2D eigenvalue weighted by Gasteiger charge is 2.36. The molecule has 24 heavy (non-hydrogen) atoms. The third-order valence-electron chi connectivity index (χ3n) is 4.34. The number of hydrogen-bond acceptors (Lipinski definition) is 5. The lowest BCUT2D eigenvalue weighted by Crippen LogP contribution is -2.36. The fourth-order valence-electron chi connectivity index (χ4n) is 3.11. The van der Waals surface area contributed by atoms with Crippen molar-refractivity contribution in [1.82, 2.24) is 0 Å². The van der Waals surface area contributed by atoms with E-state index in [-0.39, 0.29) is 5.91 Å². The number of ether oxygens (including phenoxy) is 1. The molecule has 1 aliphatic carbocycles. The highest BCUT2D eigenvalue weighted by molar-refractivity contribution is 7.16.